The summed E-state index contributed by atoms with van der Waals surface area (Å²) < 4.78 is 0. The molecule has 4 amide bonds. The number of primary amides is 1. The Morgan fingerprint density at radius 1 is 0.761 bits per heavy atom. The number of H-pyrrole nitrogens is 2. The molecule has 5 atom stereocenters. The van der Waals surface area contributed by atoms with E-state index in [4.69, 9.17) is 11.5 Å². The van der Waals surface area contributed by atoms with Crippen molar-refractivity contribution in [3.05, 3.63) is 72.1 Å². The summed E-state index contributed by atoms with van der Waals surface area (Å²) in [6.07, 6.45) is 3.66. The van der Waals surface area contributed by atoms with Crippen molar-refractivity contribution in [2.75, 3.05) is 0 Å². The molecule has 4 rings (SSSR count). The van der Waals surface area contributed by atoms with Crippen molar-refractivity contribution in [2.45, 2.75) is 70.1 Å². The Balaban J connectivity index is 1.56. The van der Waals surface area contributed by atoms with E-state index in [1.807, 2.05) is 62.4 Å². The molecule has 244 valence electrons. The van der Waals surface area contributed by atoms with Crippen molar-refractivity contribution in [3.63, 3.8) is 0 Å². The van der Waals surface area contributed by atoms with Gasteiger partial charge in [-0.1, -0.05) is 56.7 Å². The van der Waals surface area contributed by atoms with Crippen LogP contribution >= 0.6 is 0 Å². The highest BCUT2D eigenvalue weighted by Crippen LogP contribution is 2.21. The number of benzene rings is 2. The summed E-state index contributed by atoms with van der Waals surface area (Å²) in [5.41, 5.74) is 14.6. The second kappa shape index (κ2) is 15.2. The van der Waals surface area contributed by atoms with Gasteiger partial charge in [0.1, 0.15) is 18.1 Å². The summed E-state index contributed by atoms with van der Waals surface area (Å²) in [7, 11) is 0. The summed E-state index contributed by atoms with van der Waals surface area (Å²) in [5, 5.41) is 19.5. The molecule has 2 aromatic carbocycles. The van der Waals surface area contributed by atoms with Crippen LogP contribution in [-0.2, 0) is 36.8 Å². The first-order valence-electron chi connectivity index (χ1n) is 15.3. The number of rotatable bonds is 16. The Hall–Kier alpha value is -5.17. The van der Waals surface area contributed by atoms with E-state index in [0.29, 0.717) is 12.0 Å². The van der Waals surface area contributed by atoms with E-state index in [9.17, 15) is 29.1 Å². The van der Waals surface area contributed by atoms with Crippen LogP contribution in [0.3, 0.4) is 0 Å². The SMILES string of the molecule is CCC(C)C(N)C(=O)NC(Cc1c[nH]c2ccccc12)C(=O)NC(CCC(N)=O)C(=O)NC(Cc1c[nH]c2ccccc12)C(=O)O. The molecule has 46 heavy (non-hydrogen) atoms. The molecule has 2 aromatic heterocycles. The van der Waals surface area contributed by atoms with Gasteiger partial charge in [0.2, 0.25) is 23.6 Å². The first kappa shape index (κ1) is 33.7. The summed E-state index contributed by atoms with van der Waals surface area (Å²) in [4.78, 5) is 70.5. The van der Waals surface area contributed by atoms with Gasteiger partial charge in [-0.15, -0.1) is 0 Å². The third kappa shape index (κ3) is 8.30. The third-order valence-corrected chi connectivity index (χ3v) is 8.32. The number of carbonyl (C=O) groups is 5. The second-order valence-corrected chi connectivity index (χ2v) is 11.6. The largest absolute Gasteiger partial charge is 0.480 e. The van der Waals surface area contributed by atoms with E-state index < -0.39 is 53.8 Å². The van der Waals surface area contributed by atoms with Gasteiger partial charge in [-0.05, 0) is 35.6 Å². The van der Waals surface area contributed by atoms with Gasteiger partial charge in [-0.2, -0.15) is 0 Å². The molecule has 0 aliphatic carbocycles. The smallest absolute Gasteiger partial charge is 0.326 e. The van der Waals surface area contributed by atoms with Crippen LogP contribution in [0.4, 0.5) is 0 Å². The molecule has 10 N–H and O–H groups in total. The molecular formula is C33H41N7O6. The quantitative estimate of drug-likeness (QED) is 0.0911. The van der Waals surface area contributed by atoms with Crippen molar-refractivity contribution in [3.8, 4) is 0 Å². The number of aliphatic carboxylic acids is 1. The van der Waals surface area contributed by atoms with Crippen molar-refractivity contribution in [1.82, 2.24) is 25.9 Å². The molecule has 0 spiro atoms. The summed E-state index contributed by atoms with van der Waals surface area (Å²) in [5.74, 6) is -4.18. The van der Waals surface area contributed by atoms with Gasteiger partial charge >= 0.3 is 5.97 Å². The topological polar surface area (TPSA) is 225 Å². The number of para-hydroxylation sites is 2. The molecule has 0 fully saturated rings. The van der Waals surface area contributed by atoms with E-state index in [1.165, 1.54) is 0 Å². The zero-order valence-corrected chi connectivity index (χ0v) is 25.8. The average molecular weight is 632 g/mol. The number of nitrogens with two attached hydrogens (primary N) is 2. The third-order valence-electron chi connectivity index (χ3n) is 8.32. The lowest BCUT2D eigenvalue weighted by Crippen LogP contribution is -2.58. The number of aromatic amines is 2. The average Bonchev–Trinajstić information content (AvgIpc) is 3.65. The standard InChI is InChI=1S/C33H41N7O6/c1-3-18(2)29(35)32(44)39-26(14-19-16-36-23-10-6-4-8-21(19)23)31(43)38-25(12-13-28(34)41)30(42)40-27(33(45)46)15-20-17-37-24-11-7-5-9-22(20)24/h4-11,16-18,25-27,29,36-37H,3,12-15,35H2,1-2H3,(H2,34,41)(H,38,43)(H,39,44)(H,40,42)(H,45,46). The van der Waals surface area contributed by atoms with Crippen LogP contribution in [0.5, 0.6) is 0 Å². The van der Waals surface area contributed by atoms with Crippen LogP contribution in [0.1, 0.15) is 44.2 Å². The maximum Gasteiger partial charge on any atom is 0.326 e. The van der Waals surface area contributed by atoms with Crippen LogP contribution in [0.25, 0.3) is 21.8 Å². The van der Waals surface area contributed by atoms with E-state index in [-0.39, 0.29) is 31.6 Å². The van der Waals surface area contributed by atoms with Crippen molar-refractivity contribution in [2.24, 2.45) is 17.4 Å². The van der Waals surface area contributed by atoms with E-state index in [1.54, 1.807) is 12.4 Å². The van der Waals surface area contributed by atoms with Gasteiger partial charge in [0.25, 0.3) is 0 Å². The number of amides is 4. The van der Waals surface area contributed by atoms with Crippen LogP contribution in [0, 0.1) is 5.92 Å². The number of carboxylic acid groups (broad SMARTS) is 1. The second-order valence-electron chi connectivity index (χ2n) is 11.6. The lowest BCUT2D eigenvalue weighted by molar-refractivity contribution is -0.142. The predicted molar refractivity (Wildman–Crippen MR) is 173 cm³/mol. The molecule has 13 nitrogen and oxygen atoms in total. The highest BCUT2D eigenvalue weighted by molar-refractivity contribution is 5.95. The molecular weight excluding hydrogens is 590 g/mol. The molecule has 5 unspecified atom stereocenters. The Kier molecular flexibility index (Phi) is 11.2. The molecule has 2 heterocycles. The maximum absolute atomic E-state index is 13.8. The van der Waals surface area contributed by atoms with Gasteiger partial charge in [-0.3, -0.25) is 19.2 Å². The molecule has 0 bridgehead atoms. The van der Waals surface area contributed by atoms with E-state index >= 15 is 0 Å². The fourth-order valence-electron chi connectivity index (χ4n) is 5.33. The first-order valence-corrected chi connectivity index (χ1v) is 15.3. The molecule has 13 heteroatoms. The number of hydrogen-bond acceptors (Lipinski definition) is 6. The molecule has 0 aliphatic heterocycles. The zero-order valence-electron chi connectivity index (χ0n) is 25.8. The molecule has 0 radical (unpaired) electrons. The van der Waals surface area contributed by atoms with Crippen molar-refractivity contribution >= 4 is 51.4 Å². The van der Waals surface area contributed by atoms with Crippen molar-refractivity contribution < 1.29 is 29.1 Å². The minimum absolute atomic E-state index is 0.0334. The summed E-state index contributed by atoms with van der Waals surface area (Å²) in [6.45, 7) is 3.73. The Bertz CT molecular complexity index is 1710. The summed E-state index contributed by atoms with van der Waals surface area (Å²) >= 11 is 0. The number of carbonyl (C=O) groups excluding carboxylic acids is 4. The van der Waals surface area contributed by atoms with Crippen LogP contribution in [0.15, 0.2) is 60.9 Å². The van der Waals surface area contributed by atoms with Gasteiger partial charge < -0.3 is 42.5 Å². The number of fused-ring (bicyclic) bond motifs is 2. The van der Waals surface area contributed by atoms with E-state index in [0.717, 1.165) is 27.4 Å². The number of carboxylic acids is 1. The maximum atomic E-state index is 13.8. The van der Waals surface area contributed by atoms with Gasteiger partial charge in [0.15, 0.2) is 0 Å². The normalized spacial score (nSPS) is 14.6. The van der Waals surface area contributed by atoms with Gasteiger partial charge in [0.05, 0.1) is 6.04 Å². The number of aromatic nitrogens is 2. The highest BCUT2D eigenvalue weighted by atomic mass is 16.4. The monoisotopic (exact) mass is 631 g/mol. The Morgan fingerprint density at radius 3 is 1.76 bits per heavy atom. The molecule has 4 aromatic rings. The first-order chi connectivity index (χ1) is 22.0. The minimum atomic E-state index is -1.34. The van der Waals surface area contributed by atoms with Crippen LogP contribution in [0.2, 0.25) is 0 Å². The number of hydrogen-bond donors (Lipinski definition) is 8. The fraction of sp³-hybridized carbons (Fsp3) is 0.364. The molecule has 0 saturated heterocycles. The van der Waals surface area contributed by atoms with Crippen LogP contribution in [-0.4, -0.2) is 68.8 Å². The van der Waals surface area contributed by atoms with E-state index in [2.05, 4.69) is 25.9 Å². The predicted octanol–water partition coefficient (Wildman–Crippen LogP) is 1.61. The Morgan fingerprint density at radius 2 is 1.24 bits per heavy atom. The highest BCUT2D eigenvalue weighted by Gasteiger charge is 2.32. The zero-order chi connectivity index (χ0) is 33.4. The lowest BCUT2D eigenvalue weighted by Gasteiger charge is -2.26. The molecule has 0 saturated carbocycles. The summed E-state index contributed by atoms with van der Waals surface area (Å²) in [6, 6.07) is 10.2. The lowest BCUT2D eigenvalue weighted by atomic mass is 9.98. The van der Waals surface area contributed by atoms with Gasteiger partial charge in [0, 0.05) is 53.5 Å². The fourth-order valence-corrected chi connectivity index (χ4v) is 5.33. The number of nitrogens with one attached hydrogen (secondary N) is 5. The Labute approximate surface area is 265 Å². The van der Waals surface area contributed by atoms with Crippen molar-refractivity contribution in [1.29, 1.82) is 0 Å². The molecule has 0 aliphatic rings. The minimum Gasteiger partial charge on any atom is -0.480 e. The van der Waals surface area contributed by atoms with Crippen LogP contribution < -0.4 is 27.4 Å². The van der Waals surface area contributed by atoms with Gasteiger partial charge in [-0.25, -0.2) is 4.79 Å².